The molecule has 3 aliphatic rings. The van der Waals surface area contributed by atoms with Crippen LogP contribution in [0.3, 0.4) is 0 Å². The molecule has 0 radical (unpaired) electrons. The lowest BCUT2D eigenvalue weighted by molar-refractivity contribution is 0.174. The number of benzene rings is 1. The fourth-order valence-corrected chi connectivity index (χ4v) is 4.92. The summed E-state index contributed by atoms with van der Waals surface area (Å²) in [4.78, 5) is 9.58. The van der Waals surface area contributed by atoms with Crippen molar-refractivity contribution < 1.29 is 9.47 Å². The van der Waals surface area contributed by atoms with Crippen molar-refractivity contribution in [3.05, 3.63) is 40.3 Å². The SMILES string of the molecule is c1csc(CN2C[C@H]3CN(Cc4ccc5c(c4)OCO5)C[C@H]3C2)n1. The Balaban J connectivity index is 1.18. The van der Waals surface area contributed by atoms with E-state index in [1.165, 1.54) is 36.8 Å². The van der Waals surface area contributed by atoms with Crippen molar-refractivity contribution in [1.82, 2.24) is 14.8 Å². The van der Waals surface area contributed by atoms with Gasteiger partial charge in [-0.25, -0.2) is 4.98 Å². The minimum Gasteiger partial charge on any atom is -0.454 e. The molecule has 1 aromatic heterocycles. The van der Waals surface area contributed by atoms with Crippen LogP contribution in [0, 0.1) is 11.8 Å². The molecule has 126 valence electrons. The van der Waals surface area contributed by atoms with Gasteiger partial charge >= 0.3 is 0 Å². The topological polar surface area (TPSA) is 37.8 Å². The Morgan fingerprint density at radius 2 is 1.75 bits per heavy atom. The second-order valence-corrected chi connectivity index (χ2v) is 8.00. The van der Waals surface area contributed by atoms with Crippen LogP contribution in [0.5, 0.6) is 11.5 Å². The average molecular weight is 343 g/mol. The first kappa shape index (κ1) is 14.7. The molecule has 2 fully saturated rings. The third kappa shape index (κ3) is 2.79. The number of nitrogens with zero attached hydrogens (tertiary/aromatic N) is 3. The van der Waals surface area contributed by atoms with Gasteiger partial charge in [0.15, 0.2) is 11.5 Å². The van der Waals surface area contributed by atoms with Crippen LogP contribution in [-0.4, -0.2) is 47.8 Å². The first-order chi connectivity index (χ1) is 11.8. The third-order valence-electron chi connectivity index (χ3n) is 5.32. The lowest BCUT2D eigenvalue weighted by Gasteiger charge is -2.20. The van der Waals surface area contributed by atoms with Crippen molar-refractivity contribution in [3.63, 3.8) is 0 Å². The normalized spacial score (nSPS) is 26.2. The Morgan fingerprint density at radius 1 is 1.00 bits per heavy atom. The van der Waals surface area contributed by atoms with Crippen LogP contribution in [0.2, 0.25) is 0 Å². The molecule has 5 rings (SSSR count). The molecule has 1 aromatic carbocycles. The van der Waals surface area contributed by atoms with E-state index < -0.39 is 0 Å². The van der Waals surface area contributed by atoms with Crippen molar-refractivity contribution in [3.8, 4) is 11.5 Å². The fraction of sp³-hybridized carbons (Fsp3) is 0.500. The maximum Gasteiger partial charge on any atom is 0.231 e. The average Bonchev–Trinajstić information content (AvgIpc) is 3.31. The molecular weight excluding hydrogens is 322 g/mol. The summed E-state index contributed by atoms with van der Waals surface area (Å²) in [5.74, 6) is 3.37. The van der Waals surface area contributed by atoms with Gasteiger partial charge in [0.05, 0.1) is 6.54 Å². The van der Waals surface area contributed by atoms with E-state index >= 15 is 0 Å². The van der Waals surface area contributed by atoms with Crippen molar-refractivity contribution >= 4 is 11.3 Å². The highest BCUT2D eigenvalue weighted by Gasteiger charge is 2.39. The number of ether oxygens (including phenoxy) is 2. The van der Waals surface area contributed by atoms with Gasteiger partial charge in [0, 0.05) is 44.3 Å². The summed E-state index contributed by atoms with van der Waals surface area (Å²) in [5.41, 5.74) is 1.32. The highest BCUT2D eigenvalue weighted by atomic mass is 32.1. The smallest absolute Gasteiger partial charge is 0.231 e. The minimum absolute atomic E-state index is 0.349. The van der Waals surface area contributed by atoms with E-state index in [1.54, 1.807) is 11.3 Å². The summed E-state index contributed by atoms with van der Waals surface area (Å²) in [7, 11) is 0. The molecule has 0 spiro atoms. The van der Waals surface area contributed by atoms with E-state index in [-0.39, 0.29) is 0 Å². The van der Waals surface area contributed by atoms with Crippen molar-refractivity contribution in [2.75, 3.05) is 33.0 Å². The molecule has 6 heteroatoms. The number of hydrogen-bond donors (Lipinski definition) is 0. The van der Waals surface area contributed by atoms with Crippen LogP contribution < -0.4 is 9.47 Å². The summed E-state index contributed by atoms with van der Waals surface area (Å²) in [6, 6.07) is 6.33. The quantitative estimate of drug-likeness (QED) is 0.852. The van der Waals surface area contributed by atoms with E-state index in [1.807, 2.05) is 12.3 Å². The van der Waals surface area contributed by atoms with Crippen LogP contribution in [0.4, 0.5) is 0 Å². The Morgan fingerprint density at radius 3 is 2.50 bits per heavy atom. The largest absolute Gasteiger partial charge is 0.454 e. The van der Waals surface area contributed by atoms with E-state index in [0.29, 0.717) is 6.79 Å². The molecule has 3 aliphatic heterocycles. The fourth-order valence-electron chi connectivity index (χ4n) is 4.27. The maximum absolute atomic E-state index is 5.49. The van der Waals surface area contributed by atoms with Gasteiger partial charge in [0.2, 0.25) is 6.79 Å². The second kappa shape index (κ2) is 6.02. The lowest BCUT2D eigenvalue weighted by Crippen LogP contribution is -2.28. The molecule has 2 atom stereocenters. The van der Waals surface area contributed by atoms with E-state index in [9.17, 15) is 0 Å². The van der Waals surface area contributed by atoms with Crippen LogP contribution in [0.25, 0.3) is 0 Å². The number of hydrogen-bond acceptors (Lipinski definition) is 6. The summed E-state index contributed by atoms with van der Waals surface area (Å²) in [6.45, 7) is 7.20. The second-order valence-electron chi connectivity index (χ2n) is 7.02. The van der Waals surface area contributed by atoms with Crippen LogP contribution in [0.1, 0.15) is 10.6 Å². The van der Waals surface area contributed by atoms with Crippen molar-refractivity contribution in [1.29, 1.82) is 0 Å². The molecule has 24 heavy (non-hydrogen) atoms. The molecular formula is C18H21N3O2S. The zero-order valence-corrected chi connectivity index (χ0v) is 14.4. The number of aromatic nitrogens is 1. The van der Waals surface area contributed by atoms with Crippen LogP contribution in [0.15, 0.2) is 29.8 Å². The third-order valence-corrected chi connectivity index (χ3v) is 6.09. The van der Waals surface area contributed by atoms with Gasteiger partial charge in [-0.2, -0.15) is 0 Å². The van der Waals surface area contributed by atoms with E-state index in [2.05, 4.69) is 32.3 Å². The van der Waals surface area contributed by atoms with Gasteiger partial charge in [0.1, 0.15) is 5.01 Å². The molecule has 2 saturated heterocycles. The molecule has 0 N–H and O–H groups in total. The first-order valence-electron chi connectivity index (χ1n) is 8.55. The minimum atomic E-state index is 0.349. The van der Waals surface area contributed by atoms with Gasteiger partial charge in [-0.3, -0.25) is 9.80 Å². The van der Waals surface area contributed by atoms with Gasteiger partial charge in [-0.1, -0.05) is 6.07 Å². The molecule has 4 heterocycles. The van der Waals surface area contributed by atoms with E-state index in [0.717, 1.165) is 36.4 Å². The number of likely N-dealkylation sites (tertiary alicyclic amines) is 2. The lowest BCUT2D eigenvalue weighted by atomic mass is 10.0. The zero-order chi connectivity index (χ0) is 15.9. The van der Waals surface area contributed by atoms with Crippen LogP contribution in [-0.2, 0) is 13.1 Å². The van der Waals surface area contributed by atoms with Crippen molar-refractivity contribution in [2.24, 2.45) is 11.8 Å². The highest BCUT2D eigenvalue weighted by Crippen LogP contribution is 2.35. The van der Waals surface area contributed by atoms with E-state index in [4.69, 9.17) is 9.47 Å². The Labute approximate surface area is 145 Å². The molecule has 0 aliphatic carbocycles. The first-order valence-corrected chi connectivity index (χ1v) is 9.43. The summed E-state index contributed by atoms with van der Waals surface area (Å²) < 4.78 is 10.9. The predicted molar refractivity (Wildman–Crippen MR) is 92.2 cm³/mol. The monoisotopic (exact) mass is 343 g/mol. The Bertz CT molecular complexity index is 707. The number of rotatable bonds is 4. The molecule has 0 unspecified atom stereocenters. The van der Waals surface area contributed by atoms with Crippen LogP contribution >= 0.6 is 11.3 Å². The zero-order valence-electron chi connectivity index (χ0n) is 13.6. The Kier molecular flexibility index (Phi) is 3.69. The Hall–Kier alpha value is -1.63. The molecule has 0 saturated carbocycles. The molecule has 5 nitrogen and oxygen atoms in total. The summed E-state index contributed by atoms with van der Waals surface area (Å²) >= 11 is 1.76. The standard InChI is InChI=1S/C18H21N3O2S/c1-2-16-17(23-12-22-16)5-13(1)6-20-7-14-9-21(10-15(14)8-20)11-18-19-3-4-24-18/h1-5,14-15H,6-12H2/t14-,15+. The highest BCUT2D eigenvalue weighted by molar-refractivity contribution is 7.09. The molecule has 0 bridgehead atoms. The van der Waals surface area contributed by atoms with Gasteiger partial charge in [0.25, 0.3) is 0 Å². The summed E-state index contributed by atoms with van der Waals surface area (Å²) in [5, 5.41) is 3.31. The van der Waals surface area contributed by atoms with Gasteiger partial charge in [-0.15, -0.1) is 11.3 Å². The molecule has 2 aromatic rings. The number of fused-ring (bicyclic) bond motifs is 2. The van der Waals surface area contributed by atoms with Crippen molar-refractivity contribution in [2.45, 2.75) is 13.1 Å². The maximum atomic E-state index is 5.49. The predicted octanol–water partition coefficient (Wildman–Crippen LogP) is 2.44. The van der Waals surface area contributed by atoms with Gasteiger partial charge in [-0.05, 0) is 29.5 Å². The molecule has 0 amide bonds. The summed E-state index contributed by atoms with van der Waals surface area (Å²) in [6.07, 6.45) is 1.91. The number of thiazole rings is 1. The van der Waals surface area contributed by atoms with Gasteiger partial charge < -0.3 is 9.47 Å².